The van der Waals surface area contributed by atoms with Gasteiger partial charge in [-0.15, -0.1) is 10.1 Å². The largest absolute Gasteiger partial charge is 0.329 e. The first-order valence-electron chi connectivity index (χ1n) is 4.02. The maximum Gasteiger partial charge on any atom is 0.291 e. The summed E-state index contributed by atoms with van der Waals surface area (Å²) < 4.78 is 0. The standard InChI is InChI=1S/2C3H10N2.HNO3/c2*1-3(5)2-4;2-1(3)4/h2*3H,2,4-5H2,1H3;(H,2,3,4). The summed E-state index contributed by atoms with van der Waals surface area (Å²) in [7, 11) is 0. The van der Waals surface area contributed by atoms with E-state index in [1.54, 1.807) is 0 Å². The van der Waals surface area contributed by atoms with E-state index in [9.17, 15) is 0 Å². The molecule has 0 spiro atoms. The molecule has 14 heavy (non-hydrogen) atoms. The van der Waals surface area contributed by atoms with Gasteiger partial charge in [0.15, 0.2) is 0 Å². The molecule has 0 heterocycles. The molecule has 8 heteroatoms. The Morgan fingerprint density at radius 2 is 1.29 bits per heavy atom. The summed E-state index contributed by atoms with van der Waals surface area (Å²) in [6, 6.07) is 0.324. The molecule has 0 aromatic carbocycles. The highest BCUT2D eigenvalue weighted by Gasteiger charge is 1.80. The second-order valence-electron chi connectivity index (χ2n) is 2.66. The summed E-state index contributed by atoms with van der Waals surface area (Å²) in [5.74, 6) is 0. The van der Waals surface area contributed by atoms with Gasteiger partial charge in [-0.1, -0.05) is 0 Å². The molecule has 2 unspecified atom stereocenters. The first kappa shape index (κ1) is 18.8. The van der Waals surface area contributed by atoms with Gasteiger partial charge in [0.25, 0.3) is 5.09 Å². The van der Waals surface area contributed by atoms with Gasteiger partial charge in [0.1, 0.15) is 0 Å². The van der Waals surface area contributed by atoms with Crippen LogP contribution in [0.15, 0.2) is 0 Å². The molecule has 0 fully saturated rings. The minimum absolute atomic E-state index is 0.162. The van der Waals surface area contributed by atoms with Gasteiger partial charge in [0.05, 0.1) is 0 Å². The summed E-state index contributed by atoms with van der Waals surface area (Å²) in [4.78, 5) is 8.36. The molecular weight excluding hydrogens is 190 g/mol. The van der Waals surface area contributed by atoms with Crippen LogP contribution >= 0.6 is 0 Å². The van der Waals surface area contributed by atoms with E-state index in [4.69, 9.17) is 38.3 Å². The molecule has 0 saturated heterocycles. The fourth-order valence-corrected chi connectivity index (χ4v) is 0. The first-order valence-corrected chi connectivity index (χ1v) is 4.02. The Labute approximate surface area is 83.3 Å². The lowest BCUT2D eigenvalue weighted by Crippen LogP contribution is -2.25. The Morgan fingerprint density at radius 1 is 1.21 bits per heavy atom. The Morgan fingerprint density at radius 3 is 1.29 bits per heavy atom. The molecule has 8 nitrogen and oxygen atoms in total. The van der Waals surface area contributed by atoms with Gasteiger partial charge in [-0.25, -0.2) is 0 Å². The van der Waals surface area contributed by atoms with Gasteiger partial charge in [-0.3, -0.25) is 0 Å². The van der Waals surface area contributed by atoms with E-state index in [2.05, 4.69) is 0 Å². The van der Waals surface area contributed by atoms with E-state index in [-0.39, 0.29) is 12.1 Å². The van der Waals surface area contributed by atoms with E-state index in [1.165, 1.54) is 0 Å². The van der Waals surface area contributed by atoms with Crippen LogP contribution in [0.25, 0.3) is 0 Å². The maximum atomic E-state index is 8.36. The molecule has 0 aromatic rings. The van der Waals surface area contributed by atoms with Crippen molar-refractivity contribution in [3.8, 4) is 0 Å². The van der Waals surface area contributed by atoms with Crippen LogP contribution in [-0.4, -0.2) is 35.5 Å². The van der Waals surface area contributed by atoms with Gasteiger partial charge in [-0.05, 0) is 13.8 Å². The van der Waals surface area contributed by atoms with Crippen LogP contribution in [0.2, 0.25) is 0 Å². The van der Waals surface area contributed by atoms with Crippen molar-refractivity contribution in [2.24, 2.45) is 22.9 Å². The molecule has 0 bridgehead atoms. The zero-order valence-electron chi connectivity index (χ0n) is 8.59. The predicted molar refractivity (Wildman–Crippen MR) is 54.2 cm³/mol. The van der Waals surface area contributed by atoms with E-state index in [0.29, 0.717) is 13.1 Å². The molecule has 9 N–H and O–H groups in total. The van der Waals surface area contributed by atoms with Crippen LogP contribution in [0.4, 0.5) is 0 Å². The highest BCUT2D eigenvalue weighted by atomic mass is 16.9. The van der Waals surface area contributed by atoms with Crippen LogP contribution in [0, 0.1) is 10.1 Å². The SMILES string of the molecule is CC(N)CN.CC(N)CN.O=[N+]([O-])O. The highest BCUT2D eigenvalue weighted by Crippen LogP contribution is 1.59. The molecule has 0 saturated carbocycles. The number of hydrogen-bond donors (Lipinski definition) is 5. The minimum Gasteiger partial charge on any atom is -0.329 e. The summed E-state index contributed by atoms with van der Waals surface area (Å²) in [5, 5.41) is 13.6. The average Bonchev–Trinajstić information content (AvgIpc) is 2.04. The zero-order chi connectivity index (χ0) is 12.1. The van der Waals surface area contributed by atoms with E-state index >= 15 is 0 Å². The minimum atomic E-state index is -1.50. The molecule has 0 radical (unpaired) electrons. The monoisotopic (exact) mass is 211 g/mol. The summed E-state index contributed by atoms with van der Waals surface area (Å²) in [6.45, 7) is 4.92. The Bertz CT molecular complexity index is 108. The second kappa shape index (κ2) is 14.6. The molecular formula is C6H21N5O3. The van der Waals surface area contributed by atoms with Crippen molar-refractivity contribution in [3.63, 3.8) is 0 Å². The molecule has 0 aliphatic heterocycles. The lowest BCUT2D eigenvalue weighted by Gasteiger charge is -1.92. The third kappa shape index (κ3) is 120. The molecule has 88 valence electrons. The predicted octanol–water partition coefficient (Wildman–Crippen LogP) is -1.76. The number of nitrogens with zero attached hydrogens (tertiary/aromatic N) is 1. The maximum absolute atomic E-state index is 8.36. The van der Waals surface area contributed by atoms with E-state index < -0.39 is 5.09 Å². The Hall–Kier alpha value is -0.960. The lowest BCUT2D eigenvalue weighted by molar-refractivity contribution is -0.742. The van der Waals surface area contributed by atoms with E-state index in [1.807, 2.05) is 13.8 Å². The smallest absolute Gasteiger partial charge is 0.291 e. The van der Waals surface area contributed by atoms with Crippen molar-refractivity contribution in [2.75, 3.05) is 13.1 Å². The number of nitrogens with two attached hydrogens (primary N) is 4. The van der Waals surface area contributed by atoms with Crippen molar-refractivity contribution in [1.82, 2.24) is 0 Å². The highest BCUT2D eigenvalue weighted by molar-refractivity contribution is 4.48. The van der Waals surface area contributed by atoms with Crippen LogP contribution < -0.4 is 22.9 Å². The van der Waals surface area contributed by atoms with Gasteiger partial charge in [0, 0.05) is 25.2 Å². The molecule has 0 aromatic heterocycles. The molecule has 0 aliphatic carbocycles. The third-order valence-corrected chi connectivity index (χ3v) is 0.744. The van der Waals surface area contributed by atoms with Crippen molar-refractivity contribution in [1.29, 1.82) is 0 Å². The zero-order valence-corrected chi connectivity index (χ0v) is 8.59. The van der Waals surface area contributed by atoms with Crippen molar-refractivity contribution >= 4 is 0 Å². The molecule has 2 atom stereocenters. The summed E-state index contributed by atoms with van der Waals surface area (Å²) in [6.07, 6.45) is 0. The van der Waals surface area contributed by atoms with Crippen LogP contribution in [0.1, 0.15) is 13.8 Å². The number of hydrogen-bond acceptors (Lipinski definition) is 6. The van der Waals surface area contributed by atoms with Crippen LogP contribution in [-0.2, 0) is 0 Å². The lowest BCUT2D eigenvalue weighted by atomic mass is 10.4. The fourth-order valence-electron chi connectivity index (χ4n) is 0. The molecule has 0 aliphatic rings. The summed E-state index contributed by atoms with van der Waals surface area (Å²) in [5.41, 5.74) is 20.4. The normalized spacial score (nSPS) is 12.4. The molecule has 0 rings (SSSR count). The van der Waals surface area contributed by atoms with Crippen molar-refractivity contribution < 1.29 is 10.3 Å². The van der Waals surface area contributed by atoms with Gasteiger partial charge in [-0.2, -0.15) is 0 Å². The Kier molecular flexibility index (Phi) is 19.5. The van der Waals surface area contributed by atoms with E-state index in [0.717, 1.165) is 0 Å². The topological polar surface area (TPSA) is 167 Å². The first-order chi connectivity index (χ1) is 6.27. The second-order valence-corrected chi connectivity index (χ2v) is 2.66. The number of rotatable bonds is 2. The van der Waals surface area contributed by atoms with Crippen molar-refractivity contribution in [2.45, 2.75) is 25.9 Å². The average molecular weight is 211 g/mol. The van der Waals surface area contributed by atoms with Gasteiger partial charge >= 0.3 is 0 Å². The van der Waals surface area contributed by atoms with Crippen LogP contribution in [0.5, 0.6) is 0 Å². The third-order valence-electron chi connectivity index (χ3n) is 0.744. The quantitative estimate of drug-likeness (QED) is 0.266. The fraction of sp³-hybridized carbons (Fsp3) is 1.00. The van der Waals surface area contributed by atoms with Crippen LogP contribution in [0.3, 0.4) is 0 Å². The Balaban J connectivity index is -0.000000131. The van der Waals surface area contributed by atoms with Gasteiger partial charge < -0.3 is 28.1 Å². The van der Waals surface area contributed by atoms with Crippen molar-refractivity contribution in [3.05, 3.63) is 10.1 Å². The van der Waals surface area contributed by atoms with Gasteiger partial charge in [0.2, 0.25) is 0 Å². The summed E-state index contributed by atoms with van der Waals surface area (Å²) >= 11 is 0. The molecule has 0 amide bonds.